The molecule has 3 atom stereocenters. The van der Waals surface area contributed by atoms with E-state index in [1.807, 2.05) is 42.5 Å². The van der Waals surface area contributed by atoms with E-state index >= 15 is 0 Å². The maximum absolute atomic E-state index is 10.8. The van der Waals surface area contributed by atoms with E-state index in [1.165, 1.54) is 17.6 Å². The molecule has 0 spiro atoms. The van der Waals surface area contributed by atoms with Crippen molar-refractivity contribution in [3.05, 3.63) is 71.8 Å². The second kappa shape index (κ2) is 13.6. The molecular weight excluding hydrogens is 448 g/mol. The van der Waals surface area contributed by atoms with Gasteiger partial charge in [0.05, 0.1) is 18.6 Å². The quantitative estimate of drug-likeness (QED) is 0.191. The van der Waals surface area contributed by atoms with Gasteiger partial charge in [0.1, 0.15) is 0 Å². The first-order valence-electron chi connectivity index (χ1n) is 13.5. The van der Waals surface area contributed by atoms with Crippen molar-refractivity contribution in [2.75, 3.05) is 0 Å². The normalized spacial score (nSPS) is 24.2. The summed E-state index contributed by atoms with van der Waals surface area (Å²) >= 11 is 0. The number of rotatable bonds is 11. The molecule has 0 amide bonds. The molecule has 4 nitrogen and oxygen atoms in total. The Hall–Kier alpha value is -2.61. The summed E-state index contributed by atoms with van der Waals surface area (Å²) in [6.45, 7) is 2.21. The fourth-order valence-corrected chi connectivity index (χ4v) is 5.29. The van der Waals surface area contributed by atoms with Gasteiger partial charge in [0.25, 0.3) is 0 Å². The van der Waals surface area contributed by atoms with Crippen molar-refractivity contribution >= 4 is 5.97 Å². The lowest BCUT2D eigenvalue weighted by molar-refractivity contribution is -0.139. The van der Waals surface area contributed by atoms with Gasteiger partial charge in [-0.25, -0.2) is 0 Å². The number of carboxylic acids is 1. The minimum atomic E-state index is -0.974. The van der Waals surface area contributed by atoms with Gasteiger partial charge in [0.15, 0.2) is 0 Å². The average Bonchev–Trinajstić information content (AvgIpc) is 2.82. The number of hydrogen-bond donors (Lipinski definition) is 3. The number of carbonyl (C=O) groups is 1. The molecule has 1 unspecified atom stereocenters. The van der Waals surface area contributed by atoms with Crippen LogP contribution in [0, 0.1) is 22.7 Å². The summed E-state index contributed by atoms with van der Waals surface area (Å²) in [7, 11) is 0. The lowest BCUT2D eigenvalue weighted by Gasteiger charge is -2.37. The van der Waals surface area contributed by atoms with Crippen LogP contribution >= 0.6 is 0 Å². The summed E-state index contributed by atoms with van der Waals surface area (Å²) in [5.74, 6) is 5.94. The third kappa shape index (κ3) is 8.80. The second-order valence-electron chi connectivity index (χ2n) is 10.8. The van der Waals surface area contributed by atoms with Gasteiger partial charge in [0, 0.05) is 17.3 Å². The van der Waals surface area contributed by atoms with Crippen molar-refractivity contribution in [2.24, 2.45) is 10.8 Å². The molecule has 2 saturated carbocycles. The van der Waals surface area contributed by atoms with E-state index in [2.05, 4.69) is 37.0 Å². The van der Waals surface area contributed by atoms with Crippen molar-refractivity contribution in [1.29, 1.82) is 0 Å². The molecule has 1 aromatic carbocycles. The molecule has 0 aromatic heterocycles. The number of aliphatic hydroxyl groups is 2. The molecule has 36 heavy (non-hydrogen) atoms. The molecule has 0 radical (unpaired) electrons. The maximum atomic E-state index is 10.8. The van der Waals surface area contributed by atoms with Crippen molar-refractivity contribution in [3.8, 4) is 11.8 Å². The molecule has 1 aromatic rings. The highest BCUT2D eigenvalue weighted by atomic mass is 16.4. The first-order valence-corrected chi connectivity index (χ1v) is 13.5. The van der Waals surface area contributed by atoms with Crippen LogP contribution in [0.15, 0.2) is 66.3 Å². The van der Waals surface area contributed by atoms with Gasteiger partial charge in [-0.3, -0.25) is 4.79 Å². The Bertz CT molecular complexity index is 990. The molecule has 0 aliphatic heterocycles. The lowest BCUT2D eigenvalue weighted by atomic mass is 9.66. The molecule has 2 aliphatic carbocycles. The van der Waals surface area contributed by atoms with Gasteiger partial charge in [-0.2, -0.15) is 0 Å². The standard InChI is InChI=1S/C32H42O4/c1-31(19-7-5-14-27(31)16-17-29(34)25-30(35)36)20-8-6-15-28(33)18-24-32(22-10-23-32)21-9-13-26-11-3-2-4-12-26/h2-4,6,8,11-12,15-16,20,28-29,33-34H,5,7,10,13-14,17-19,22-25H2,1H3,(H,35,36)/b15-6+,20-8+,27-16+/t28-,29?,31-/m0/s1. The van der Waals surface area contributed by atoms with Gasteiger partial charge in [-0.1, -0.05) is 97.9 Å². The van der Waals surface area contributed by atoms with Crippen LogP contribution in [0.4, 0.5) is 0 Å². The van der Waals surface area contributed by atoms with E-state index < -0.39 is 18.2 Å². The van der Waals surface area contributed by atoms with Crippen LogP contribution in [0.5, 0.6) is 0 Å². The second-order valence-corrected chi connectivity index (χ2v) is 10.8. The fourth-order valence-electron chi connectivity index (χ4n) is 5.29. The molecule has 194 valence electrons. The SMILES string of the molecule is C[C@@]1(/C=C/C=C/[C@H](O)CCC2(C#CCc3ccccc3)CCC2)CCCC/C1=C\CC(O)CC(=O)O. The van der Waals surface area contributed by atoms with Crippen LogP contribution in [0.3, 0.4) is 0 Å². The zero-order valence-corrected chi connectivity index (χ0v) is 21.7. The number of aliphatic hydroxyl groups excluding tert-OH is 2. The Balaban J connectivity index is 1.49. The largest absolute Gasteiger partial charge is 0.481 e. The summed E-state index contributed by atoms with van der Waals surface area (Å²) in [6.07, 6.45) is 19.0. The van der Waals surface area contributed by atoms with E-state index in [-0.39, 0.29) is 17.3 Å². The van der Waals surface area contributed by atoms with E-state index in [9.17, 15) is 15.0 Å². The first kappa shape index (κ1) is 28.0. The monoisotopic (exact) mass is 490 g/mol. The summed E-state index contributed by atoms with van der Waals surface area (Å²) in [5, 5.41) is 29.4. The Morgan fingerprint density at radius 3 is 2.56 bits per heavy atom. The van der Waals surface area contributed by atoms with Gasteiger partial charge in [-0.15, -0.1) is 0 Å². The smallest absolute Gasteiger partial charge is 0.305 e. The Morgan fingerprint density at radius 1 is 1.08 bits per heavy atom. The summed E-state index contributed by atoms with van der Waals surface area (Å²) in [6, 6.07) is 10.3. The van der Waals surface area contributed by atoms with Crippen LogP contribution in [0.1, 0.15) is 83.1 Å². The Kier molecular flexibility index (Phi) is 10.6. The highest BCUT2D eigenvalue weighted by molar-refractivity contribution is 5.67. The zero-order chi connectivity index (χ0) is 25.9. The predicted octanol–water partition coefficient (Wildman–Crippen LogP) is 6.39. The first-order chi connectivity index (χ1) is 17.3. The summed E-state index contributed by atoms with van der Waals surface area (Å²) in [5.41, 5.74) is 2.49. The third-order valence-corrected chi connectivity index (χ3v) is 7.80. The Labute approximate surface area is 216 Å². The molecule has 0 heterocycles. The van der Waals surface area contributed by atoms with Crippen molar-refractivity contribution in [2.45, 2.75) is 96.2 Å². The summed E-state index contributed by atoms with van der Waals surface area (Å²) < 4.78 is 0. The van der Waals surface area contributed by atoms with Crippen molar-refractivity contribution in [3.63, 3.8) is 0 Å². The average molecular weight is 491 g/mol. The molecule has 2 aliphatic rings. The van der Waals surface area contributed by atoms with Gasteiger partial charge in [0.2, 0.25) is 0 Å². The van der Waals surface area contributed by atoms with Crippen LogP contribution in [0.25, 0.3) is 0 Å². The van der Waals surface area contributed by atoms with Crippen molar-refractivity contribution < 1.29 is 20.1 Å². The minimum absolute atomic E-state index is 0.0694. The minimum Gasteiger partial charge on any atom is -0.481 e. The van der Waals surface area contributed by atoms with Crippen LogP contribution in [-0.2, 0) is 11.2 Å². The number of hydrogen-bond acceptors (Lipinski definition) is 3. The van der Waals surface area contributed by atoms with Gasteiger partial charge < -0.3 is 15.3 Å². The lowest BCUT2D eigenvalue weighted by Crippen LogP contribution is -2.28. The predicted molar refractivity (Wildman–Crippen MR) is 145 cm³/mol. The topological polar surface area (TPSA) is 77.8 Å². The Morgan fingerprint density at radius 2 is 1.86 bits per heavy atom. The molecule has 0 bridgehead atoms. The van der Waals surface area contributed by atoms with Crippen LogP contribution < -0.4 is 0 Å². The highest BCUT2D eigenvalue weighted by Crippen LogP contribution is 2.45. The maximum Gasteiger partial charge on any atom is 0.305 e. The summed E-state index contributed by atoms with van der Waals surface area (Å²) in [4.78, 5) is 10.8. The highest BCUT2D eigenvalue weighted by Gasteiger charge is 2.35. The number of benzene rings is 1. The van der Waals surface area contributed by atoms with Gasteiger partial charge in [-0.05, 0) is 56.9 Å². The van der Waals surface area contributed by atoms with E-state index in [1.54, 1.807) is 0 Å². The molecule has 0 saturated heterocycles. The van der Waals surface area contributed by atoms with Crippen LogP contribution in [0.2, 0.25) is 0 Å². The van der Waals surface area contributed by atoms with E-state index in [0.717, 1.165) is 51.4 Å². The number of allylic oxidation sites excluding steroid dienone is 4. The van der Waals surface area contributed by atoms with Crippen LogP contribution in [-0.4, -0.2) is 33.5 Å². The van der Waals surface area contributed by atoms with E-state index in [4.69, 9.17) is 5.11 Å². The van der Waals surface area contributed by atoms with E-state index in [0.29, 0.717) is 12.8 Å². The number of carboxylic acid groups (broad SMARTS) is 1. The molecular formula is C32H42O4. The fraction of sp³-hybridized carbons (Fsp3) is 0.531. The number of aliphatic carboxylic acids is 1. The third-order valence-electron chi connectivity index (χ3n) is 7.80. The molecule has 3 rings (SSSR count). The van der Waals surface area contributed by atoms with Gasteiger partial charge >= 0.3 is 5.97 Å². The van der Waals surface area contributed by atoms with Crippen molar-refractivity contribution in [1.82, 2.24) is 0 Å². The molecule has 4 heteroatoms. The molecule has 3 N–H and O–H groups in total. The zero-order valence-electron chi connectivity index (χ0n) is 21.7. The molecule has 2 fully saturated rings.